The van der Waals surface area contributed by atoms with Crippen molar-refractivity contribution >= 4 is 44.7 Å². The molecule has 2 nitrogen and oxygen atoms in total. The first kappa shape index (κ1) is 12.9. The maximum absolute atomic E-state index is 6.22. The Morgan fingerprint density at radius 2 is 1.70 bits per heavy atom. The highest BCUT2D eigenvalue weighted by Gasteiger charge is 2.24. The van der Waals surface area contributed by atoms with E-state index in [-0.39, 0.29) is 0 Å². The van der Waals surface area contributed by atoms with Crippen LogP contribution in [-0.4, -0.2) is 12.0 Å². The predicted octanol–water partition coefficient (Wildman–Crippen LogP) is 5.79. The number of aromatic nitrogens is 1. The van der Waals surface area contributed by atoms with Crippen molar-refractivity contribution in [1.82, 2.24) is 4.98 Å². The standard InChI is InChI=1S/C20H13ClN2/c1-23-17-7-3-2-5-14(17)20-19-13(6-4-8-18(19)23)15-11-12(21)9-10-16(15)22-20/h2-11H,1H3. The number of hydrogen-bond acceptors (Lipinski definition) is 2. The molecule has 0 aliphatic carbocycles. The van der Waals surface area contributed by atoms with Gasteiger partial charge in [-0.1, -0.05) is 41.9 Å². The molecule has 0 saturated heterocycles. The van der Waals surface area contributed by atoms with Gasteiger partial charge in [0.15, 0.2) is 0 Å². The third-order valence-electron chi connectivity index (χ3n) is 4.64. The van der Waals surface area contributed by atoms with E-state index in [4.69, 9.17) is 16.6 Å². The first-order valence-corrected chi connectivity index (χ1v) is 7.97. The fraction of sp³-hybridized carbons (Fsp3) is 0.0500. The van der Waals surface area contributed by atoms with Crippen LogP contribution in [0.5, 0.6) is 0 Å². The molecule has 0 bridgehead atoms. The van der Waals surface area contributed by atoms with Crippen molar-refractivity contribution in [3.05, 3.63) is 65.7 Å². The van der Waals surface area contributed by atoms with Gasteiger partial charge in [0, 0.05) is 28.4 Å². The molecule has 4 aromatic rings. The summed E-state index contributed by atoms with van der Waals surface area (Å²) in [6.07, 6.45) is 0. The Bertz CT molecular complexity index is 1100. The summed E-state index contributed by atoms with van der Waals surface area (Å²) in [5, 5.41) is 4.24. The smallest absolute Gasteiger partial charge is 0.0830 e. The number of fused-ring (bicyclic) bond motifs is 4. The second-order valence-electron chi connectivity index (χ2n) is 5.90. The summed E-state index contributed by atoms with van der Waals surface area (Å²) in [6.45, 7) is 0. The van der Waals surface area contributed by atoms with Gasteiger partial charge in [0.1, 0.15) is 0 Å². The van der Waals surface area contributed by atoms with E-state index < -0.39 is 0 Å². The van der Waals surface area contributed by atoms with Crippen molar-refractivity contribution in [3.63, 3.8) is 0 Å². The summed E-state index contributed by atoms with van der Waals surface area (Å²) in [5.41, 5.74) is 5.59. The fourth-order valence-electron chi connectivity index (χ4n) is 3.58. The van der Waals surface area contributed by atoms with E-state index >= 15 is 0 Å². The highest BCUT2D eigenvalue weighted by molar-refractivity contribution is 6.32. The van der Waals surface area contributed by atoms with Gasteiger partial charge in [0.25, 0.3) is 0 Å². The lowest BCUT2D eigenvalue weighted by Crippen LogP contribution is -2.15. The maximum atomic E-state index is 6.22. The lowest BCUT2D eigenvalue weighted by atomic mass is 9.94. The average Bonchev–Trinajstić information content (AvgIpc) is 2.59. The minimum Gasteiger partial charge on any atom is -0.343 e. The third kappa shape index (κ3) is 1.67. The second kappa shape index (κ2) is 4.46. The Morgan fingerprint density at radius 1 is 0.870 bits per heavy atom. The van der Waals surface area contributed by atoms with E-state index in [1.165, 1.54) is 27.7 Å². The molecular weight excluding hydrogens is 304 g/mol. The van der Waals surface area contributed by atoms with Crippen LogP contribution in [0.15, 0.2) is 60.7 Å². The van der Waals surface area contributed by atoms with Crippen LogP contribution in [0.2, 0.25) is 5.02 Å². The SMILES string of the molecule is CN1c2ccccc2-c2nc3ccc(Cl)cc3c3cccc1c23. The Kier molecular flexibility index (Phi) is 2.51. The molecule has 0 radical (unpaired) electrons. The van der Waals surface area contributed by atoms with Crippen molar-refractivity contribution in [1.29, 1.82) is 0 Å². The van der Waals surface area contributed by atoms with Crippen molar-refractivity contribution in [2.45, 2.75) is 0 Å². The van der Waals surface area contributed by atoms with Gasteiger partial charge in [-0.15, -0.1) is 0 Å². The minimum atomic E-state index is 0.740. The van der Waals surface area contributed by atoms with Crippen LogP contribution in [0.4, 0.5) is 11.4 Å². The zero-order valence-electron chi connectivity index (χ0n) is 12.5. The van der Waals surface area contributed by atoms with Gasteiger partial charge in [-0.25, -0.2) is 4.98 Å². The van der Waals surface area contributed by atoms with Gasteiger partial charge in [-0.05, 0) is 35.7 Å². The Hall–Kier alpha value is -2.58. The van der Waals surface area contributed by atoms with Gasteiger partial charge in [-0.2, -0.15) is 0 Å². The maximum Gasteiger partial charge on any atom is 0.0830 e. The quantitative estimate of drug-likeness (QED) is 0.382. The van der Waals surface area contributed by atoms with Crippen molar-refractivity contribution in [2.24, 2.45) is 0 Å². The van der Waals surface area contributed by atoms with Gasteiger partial charge in [0.05, 0.1) is 22.6 Å². The molecule has 2 heterocycles. The summed E-state index contributed by atoms with van der Waals surface area (Å²) >= 11 is 6.22. The highest BCUT2D eigenvalue weighted by Crippen LogP contribution is 2.47. The van der Waals surface area contributed by atoms with Crippen LogP contribution in [0.25, 0.3) is 32.9 Å². The highest BCUT2D eigenvalue weighted by atomic mass is 35.5. The average molecular weight is 317 g/mol. The van der Waals surface area contributed by atoms with Gasteiger partial charge >= 0.3 is 0 Å². The van der Waals surface area contributed by atoms with Crippen LogP contribution >= 0.6 is 11.6 Å². The zero-order chi connectivity index (χ0) is 15.6. The summed E-state index contributed by atoms with van der Waals surface area (Å²) in [5.74, 6) is 0. The van der Waals surface area contributed by atoms with Crippen LogP contribution in [0.1, 0.15) is 0 Å². The lowest BCUT2D eigenvalue weighted by molar-refractivity contribution is 1.20. The largest absolute Gasteiger partial charge is 0.343 e. The normalized spacial score (nSPS) is 12.7. The molecule has 0 N–H and O–H groups in total. The summed E-state index contributed by atoms with van der Waals surface area (Å²) in [4.78, 5) is 7.20. The van der Waals surface area contributed by atoms with E-state index in [0.717, 1.165) is 21.6 Å². The van der Waals surface area contributed by atoms with Crippen molar-refractivity contribution < 1.29 is 0 Å². The molecule has 1 aliphatic rings. The number of anilines is 2. The molecule has 23 heavy (non-hydrogen) atoms. The molecule has 0 fully saturated rings. The van der Waals surface area contributed by atoms with E-state index in [2.05, 4.69) is 54.4 Å². The van der Waals surface area contributed by atoms with Crippen LogP contribution < -0.4 is 4.90 Å². The van der Waals surface area contributed by atoms with Crippen molar-refractivity contribution in [3.8, 4) is 11.3 Å². The molecule has 0 saturated carbocycles. The molecule has 0 unspecified atom stereocenters. The molecule has 0 amide bonds. The Morgan fingerprint density at radius 3 is 2.61 bits per heavy atom. The molecule has 3 heteroatoms. The summed E-state index contributed by atoms with van der Waals surface area (Å²) in [6, 6.07) is 20.8. The van der Waals surface area contributed by atoms with Gasteiger partial charge in [0.2, 0.25) is 0 Å². The van der Waals surface area contributed by atoms with Crippen molar-refractivity contribution in [2.75, 3.05) is 11.9 Å². The Labute approximate surface area is 138 Å². The first-order chi connectivity index (χ1) is 11.2. The lowest BCUT2D eigenvalue weighted by Gasteiger charge is -2.30. The predicted molar refractivity (Wildman–Crippen MR) is 97.8 cm³/mol. The van der Waals surface area contributed by atoms with E-state index in [0.29, 0.717) is 0 Å². The van der Waals surface area contributed by atoms with E-state index in [9.17, 15) is 0 Å². The number of benzene rings is 3. The Balaban J connectivity index is 2.06. The number of para-hydroxylation sites is 1. The number of halogens is 1. The molecule has 0 atom stereocenters. The zero-order valence-corrected chi connectivity index (χ0v) is 13.3. The van der Waals surface area contributed by atoms with Crippen LogP contribution in [0, 0.1) is 0 Å². The molecule has 5 rings (SSSR count). The van der Waals surface area contributed by atoms with Gasteiger partial charge in [-0.3, -0.25) is 0 Å². The number of pyridine rings is 1. The van der Waals surface area contributed by atoms with Gasteiger partial charge < -0.3 is 4.90 Å². The van der Waals surface area contributed by atoms with Crippen LogP contribution in [-0.2, 0) is 0 Å². The molecule has 1 aromatic heterocycles. The molecule has 1 aliphatic heterocycles. The molecular formula is C20H13ClN2. The van der Waals surface area contributed by atoms with E-state index in [1.54, 1.807) is 0 Å². The van der Waals surface area contributed by atoms with E-state index in [1.807, 2.05) is 18.2 Å². The minimum absolute atomic E-state index is 0.740. The number of hydrogen-bond donors (Lipinski definition) is 0. The number of nitrogens with zero attached hydrogens (tertiary/aromatic N) is 2. The fourth-order valence-corrected chi connectivity index (χ4v) is 3.75. The second-order valence-corrected chi connectivity index (χ2v) is 6.33. The van der Waals surface area contributed by atoms with Crippen LogP contribution in [0.3, 0.4) is 0 Å². The monoisotopic (exact) mass is 316 g/mol. The first-order valence-electron chi connectivity index (χ1n) is 7.59. The summed E-state index contributed by atoms with van der Waals surface area (Å²) in [7, 11) is 2.11. The molecule has 3 aromatic carbocycles. The molecule has 0 spiro atoms. The summed E-state index contributed by atoms with van der Waals surface area (Å²) < 4.78 is 0. The topological polar surface area (TPSA) is 16.1 Å². The molecule has 110 valence electrons. The number of rotatable bonds is 0. The third-order valence-corrected chi connectivity index (χ3v) is 4.88.